The predicted molar refractivity (Wildman–Crippen MR) is 107 cm³/mol. The summed E-state index contributed by atoms with van der Waals surface area (Å²) in [5.74, 6) is 0.274. The number of halogens is 1. The largest absolute Gasteiger partial charge is 0.349 e. The number of amides is 1. The van der Waals surface area contributed by atoms with Crippen molar-refractivity contribution in [1.29, 1.82) is 0 Å². The van der Waals surface area contributed by atoms with Crippen molar-refractivity contribution in [2.24, 2.45) is 7.05 Å². The molecular weight excluding hydrogens is 366 g/mol. The fraction of sp³-hybridized carbons (Fsp3) is 0.200. The number of carbonyl (C=O) groups excluding carboxylic acids is 1. The van der Waals surface area contributed by atoms with E-state index < -0.39 is 0 Å². The summed E-state index contributed by atoms with van der Waals surface area (Å²) in [5, 5.41) is 4.48. The lowest BCUT2D eigenvalue weighted by Gasteiger charge is -2.14. The van der Waals surface area contributed by atoms with Gasteiger partial charge in [0.2, 0.25) is 5.91 Å². The number of carbonyl (C=O) groups is 1. The molecule has 1 aromatic heterocycles. The second-order valence-corrected chi connectivity index (χ2v) is 7.36. The molecule has 1 amide bonds. The van der Waals surface area contributed by atoms with Crippen molar-refractivity contribution in [3.05, 3.63) is 71.4 Å². The Morgan fingerprint density at radius 1 is 1.23 bits per heavy atom. The molecule has 3 rings (SSSR count). The summed E-state index contributed by atoms with van der Waals surface area (Å²) in [6.45, 7) is 1.95. The first-order valence-electron chi connectivity index (χ1n) is 8.29. The van der Waals surface area contributed by atoms with Gasteiger partial charge in [0, 0.05) is 12.1 Å². The Bertz CT molecular complexity index is 895. The molecule has 0 spiro atoms. The molecule has 2 aromatic carbocycles. The van der Waals surface area contributed by atoms with E-state index in [0.717, 1.165) is 22.0 Å². The van der Waals surface area contributed by atoms with Gasteiger partial charge in [-0.1, -0.05) is 65.8 Å². The molecule has 1 N–H and O–H groups in total. The van der Waals surface area contributed by atoms with Gasteiger partial charge in [-0.25, -0.2) is 4.98 Å². The topological polar surface area (TPSA) is 46.9 Å². The molecular formula is C20H20ClN3OS. The standard InChI is InChI=1S/C20H20ClN3OS/c1-14(16-9-6-10-17(21)11-16)23-19(25)13-26-20-22-12-18(24(20)2)15-7-4-3-5-8-15/h3-12,14H,13H2,1-2H3,(H,23,25). The third-order valence-corrected chi connectivity index (χ3v) is 5.35. The van der Waals surface area contributed by atoms with Crippen LogP contribution in [0.4, 0.5) is 0 Å². The van der Waals surface area contributed by atoms with E-state index in [1.807, 2.05) is 79.3 Å². The quantitative estimate of drug-likeness (QED) is 0.625. The number of rotatable bonds is 6. The highest BCUT2D eigenvalue weighted by Crippen LogP contribution is 2.25. The van der Waals surface area contributed by atoms with Crippen LogP contribution >= 0.6 is 23.4 Å². The average molecular weight is 386 g/mol. The van der Waals surface area contributed by atoms with Crippen molar-refractivity contribution < 1.29 is 4.79 Å². The highest BCUT2D eigenvalue weighted by atomic mass is 35.5. The van der Waals surface area contributed by atoms with Gasteiger partial charge >= 0.3 is 0 Å². The zero-order valence-corrected chi connectivity index (χ0v) is 16.2. The summed E-state index contributed by atoms with van der Waals surface area (Å²) in [7, 11) is 1.96. The molecule has 4 nitrogen and oxygen atoms in total. The van der Waals surface area contributed by atoms with Crippen LogP contribution in [0, 0.1) is 0 Å². The number of nitrogens with zero attached hydrogens (tertiary/aromatic N) is 2. The summed E-state index contributed by atoms with van der Waals surface area (Å²) < 4.78 is 2.01. The monoisotopic (exact) mass is 385 g/mol. The molecule has 0 fully saturated rings. The van der Waals surface area contributed by atoms with Crippen molar-refractivity contribution in [2.75, 3.05) is 5.75 Å². The van der Waals surface area contributed by atoms with E-state index in [1.54, 1.807) is 0 Å². The maximum absolute atomic E-state index is 12.3. The number of thioether (sulfide) groups is 1. The molecule has 0 aliphatic rings. The lowest BCUT2D eigenvalue weighted by molar-refractivity contribution is -0.119. The van der Waals surface area contributed by atoms with Gasteiger partial charge in [0.1, 0.15) is 0 Å². The van der Waals surface area contributed by atoms with Crippen LogP contribution in [0.25, 0.3) is 11.3 Å². The van der Waals surface area contributed by atoms with Crippen LogP contribution in [0.5, 0.6) is 0 Å². The van der Waals surface area contributed by atoms with Gasteiger partial charge in [0.15, 0.2) is 5.16 Å². The molecule has 1 heterocycles. The maximum Gasteiger partial charge on any atom is 0.230 e. The van der Waals surface area contributed by atoms with Crippen LogP contribution in [0.3, 0.4) is 0 Å². The Labute approximate surface area is 162 Å². The van der Waals surface area contributed by atoms with Crippen LogP contribution in [0.2, 0.25) is 5.02 Å². The number of benzene rings is 2. The molecule has 0 aliphatic carbocycles. The van der Waals surface area contributed by atoms with E-state index in [0.29, 0.717) is 10.8 Å². The normalized spacial score (nSPS) is 12.0. The first-order chi connectivity index (χ1) is 12.5. The Hall–Kier alpha value is -2.24. The molecule has 0 saturated heterocycles. The number of nitrogens with one attached hydrogen (secondary N) is 1. The van der Waals surface area contributed by atoms with Crippen molar-refractivity contribution in [2.45, 2.75) is 18.1 Å². The number of hydrogen-bond donors (Lipinski definition) is 1. The van der Waals surface area contributed by atoms with Crippen LogP contribution in [0.1, 0.15) is 18.5 Å². The molecule has 0 bridgehead atoms. The molecule has 1 atom stereocenters. The highest BCUT2D eigenvalue weighted by Gasteiger charge is 2.13. The van der Waals surface area contributed by atoms with Gasteiger partial charge in [-0.15, -0.1) is 0 Å². The second-order valence-electron chi connectivity index (χ2n) is 5.98. The lowest BCUT2D eigenvalue weighted by Crippen LogP contribution is -2.28. The number of imidazole rings is 1. The van der Waals surface area contributed by atoms with Gasteiger partial charge in [0.25, 0.3) is 0 Å². The lowest BCUT2D eigenvalue weighted by atomic mass is 10.1. The van der Waals surface area contributed by atoms with E-state index in [-0.39, 0.29) is 11.9 Å². The van der Waals surface area contributed by atoms with Crippen molar-refractivity contribution in [1.82, 2.24) is 14.9 Å². The average Bonchev–Trinajstić information content (AvgIpc) is 3.01. The van der Waals surface area contributed by atoms with Crippen LogP contribution in [-0.2, 0) is 11.8 Å². The van der Waals surface area contributed by atoms with E-state index in [4.69, 9.17) is 11.6 Å². The van der Waals surface area contributed by atoms with Crippen LogP contribution < -0.4 is 5.32 Å². The van der Waals surface area contributed by atoms with Gasteiger partial charge in [-0.2, -0.15) is 0 Å². The number of aromatic nitrogens is 2. The summed E-state index contributed by atoms with van der Waals surface area (Å²) in [6.07, 6.45) is 1.84. The minimum atomic E-state index is -0.0944. The van der Waals surface area contributed by atoms with E-state index in [1.165, 1.54) is 11.8 Å². The molecule has 0 radical (unpaired) electrons. The first kappa shape index (κ1) is 18.5. The fourth-order valence-corrected chi connectivity index (χ4v) is 3.64. The fourth-order valence-electron chi connectivity index (χ4n) is 2.68. The second kappa shape index (κ2) is 8.43. The van der Waals surface area contributed by atoms with Gasteiger partial charge in [-0.3, -0.25) is 4.79 Å². The number of hydrogen-bond acceptors (Lipinski definition) is 3. The van der Waals surface area contributed by atoms with Gasteiger partial charge in [-0.05, 0) is 30.2 Å². The van der Waals surface area contributed by atoms with Gasteiger partial charge < -0.3 is 9.88 Å². The molecule has 26 heavy (non-hydrogen) atoms. The van der Waals surface area contributed by atoms with Crippen molar-refractivity contribution in [3.8, 4) is 11.3 Å². The third-order valence-electron chi connectivity index (χ3n) is 4.07. The Balaban J connectivity index is 1.59. The smallest absolute Gasteiger partial charge is 0.230 e. The zero-order valence-electron chi connectivity index (χ0n) is 14.6. The van der Waals surface area contributed by atoms with Crippen LogP contribution in [0.15, 0.2) is 66.0 Å². The van der Waals surface area contributed by atoms with E-state index in [9.17, 15) is 4.79 Å². The highest BCUT2D eigenvalue weighted by molar-refractivity contribution is 7.99. The van der Waals surface area contributed by atoms with Crippen LogP contribution in [-0.4, -0.2) is 21.2 Å². The Kier molecular flexibility index (Phi) is 6.01. The molecule has 0 aliphatic heterocycles. The summed E-state index contributed by atoms with van der Waals surface area (Å²) in [4.78, 5) is 16.7. The van der Waals surface area contributed by atoms with Gasteiger partial charge in [0.05, 0.1) is 23.7 Å². The summed E-state index contributed by atoms with van der Waals surface area (Å²) in [5.41, 5.74) is 3.12. The minimum Gasteiger partial charge on any atom is -0.349 e. The summed E-state index contributed by atoms with van der Waals surface area (Å²) in [6, 6.07) is 17.5. The minimum absolute atomic E-state index is 0.0354. The van der Waals surface area contributed by atoms with Crippen molar-refractivity contribution in [3.63, 3.8) is 0 Å². The molecule has 3 aromatic rings. The molecule has 1 unspecified atom stereocenters. The third kappa shape index (κ3) is 4.48. The molecule has 0 saturated carbocycles. The molecule has 6 heteroatoms. The Morgan fingerprint density at radius 2 is 2.00 bits per heavy atom. The Morgan fingerprint density at radius 3 is 2.73 bits per heavy atom. The first-order valence-corrected chi connectivity index (χ1v) is 9.65. The van der Waals surface area contributed by atoms with E-state index in [2.05, 4.69) is 10.3 Å². The van der Waals surface area contributed by atoms with E-state index >= 15 is 0 Å². The maximum atomic E-state index is 12.3. The predicted octanol–water partition coefficient (Wildman–Crippen LogP) is 4.71. The van der Waals surface area contributed by atoms with Crippen molar-refractivity contribution >= 4 is 29.3 Å². The summed E-state index contributed by atoms with van der Waals surface area (Å²) >= 11 is 7.43. The molecule has 134 valence electrons. The zero-order chi connectivity index (χ0) is 18.5. The SMILES string of the molecule is CC(NC(=O)CSc1ncc(-c2ccccc2)n1C)c1cccc(Cl)c1.